The first-order chi connectivity index (χ1) is 9.79. The second-order valence-corrected chi connectivity index (χ2v) is 6.06. The Kier molecular flexibility index (Phi) is 4.41. The number of Topliss-reactive ketones (excluding diaryl/α,β-unsaturated/α-hetero) is 1. The van der Waals surface area contributed by atoms with Crippen LogP contribution in [0.25, 0.3) is 0 Å². The van der Waals surface area contributed by atoms with Gasteiger partial charge in [0.1, 0.15) is 4.48 Å². The monoisotopic (exact) mass is 360 g/mol. The van der Waals surface area contributed by atoms with Gasteiger partial charge in [0.2, 0.25) is 0 Å². The van der Waals surface area contributed by atoms with Crippen molar-refractivity contribution >= 4 is 33.7 Å². The molecule has 0 aromatic carbocycles. The Morgan fingerprint density at radius 1 is 1.48 bits per heavy atom. The van der Waals surface area contributed by atoms with Crippen molar-refractivity contribution in [3.63, 3.8) is 0 Å². The van der Waals surface area contributed by atoms with Gasteiger partial charge < -0.3 is 14.2 Å². The highest BCUT2D eigenvalue weighted by atomic mass is 79.9. The predicted octanol–water partition coefficient (Wildman–Crippen LogP) is 1.86. The summed E-state index contributed by atoms with van der Waals surface area (Å²) in [6.45, 7) is 5.17. The molecule has 0 radical (unpaired) electrons. The number of carbonyl (C=O) groups excluding carboxylic acids is 3. The Morgan fingerprint density at radius 3 is 2.76 bits per heavy atom. The zero-order valence-electron chi connectivity index (χ0n) is 12.1. The Bertz CT molecular complexity index is 526. The van der Waals surface area contributed by atoms with Crippen molar-refractivity contribution < 1.29 is 28.6 Å². The van der Waals surface area contributed by atoms with Crippen LogP contribution in [0.3, 0.4) is 0 Å². The topological polar surface area (TPSA) is 78.9 Å². The zero-order valence-corrected chi connectivity index (χ0v) is 13.7. The molecule has 6 nitrogen and oxygen atoms in total. The summed E-state index contributed by atoms with van der Waals surface area (Å²) in [5, 5.41) is 0. The molecule has 0 N–H and O–H groups in total. The second kappa shape index (κ2) is 5.79. The van der Waals surface area contributed by atoms with Gasteiger partial charge >= 0.3 is 11.9 Å². The van der Waals surface area contributed by atoms with Crippen LogP contribution in [-0.2, 0) is 28.6 Å². The molecule has 0 bridgehead atoms. The van der Waals surface area contributed by atoms with E-state index in [-0.39, 0.29) is 35.5 Å². The van der Waals surface area contributed by atoms with Gasteiger partial charge in [-0.25, -0.2) is 4.79 Å². The van der Waals surface area contributed by atoms with Crippen LogP contribution in [0.4, 0.5) is 0 Å². The third-order valence-corrected chi connectivity index (χ3v) is 4.57. The second-order valence-electron chi connectivity index (χ2n) is 5.26. The summed E-state index contributed by atoms with van der Waals surface area (Å²) >= 11 is 3.20. The van der Waals surface area contributed by atoms with Gasteiger partial charge in [-0.05, 0) is 36.7 Å². The third-order valence-electron chi connectivity index (χ3n) is 3.76. The van der Waals surface area contributed by atoms with Crippen LogP contribution >= 0.6 is 15.9 Å². The minimum atomic E-state index is -1.14. The molecule has 1 aliphatic carbocycles. The fourth-order valence-electron chi connectivity index (χ4n) is 2.54. The van der Waals surface area contributed by atoms with Crippen LogP contribution in [0, 0.1) is 5.92 Å². The molecular formula is C14H17BrO6. The van der Waals surface area contributed by atoms with Crippen molar-refractivity contribution in [2.24, 2.45) is 5.92 Å². The fraction of sp³-hybridized carbons (Fsp3) is 0.643. The van der Waals surface area contributed by atoms with Crippen molar-refractivity contribution in [3.8, 4) is 0 Å². The number of fused-ring (bicyclic) bond motifs is 1. The van der Waals surface area contributed by atoms with E-state index in [4.69, 9.17) is 14.2 Å². The summed E-state index contributed by atoms with van der Waals surface area (Å²) in [6.07, 6.45) is -0.704. The lowest BCUT2D eigenvalue weighted by Gasteiger charge is -2.45. The maximum Gasteiger partial charge on any atom is 0.348 e. The summed E-state index contributed by atoms with van der Waals surface area (Å²) in [6, 6.07) is 0. The van der Waals surface area contributed by atoms with Crippen LogP contribution < -0.4 is 0 Å². The molecule has 1 fully saturated rings. The summed E-state index contributed by atoms with van der Waals surface area (Å²) in [5.41, 5.74) is -1.14. The van der Waals surface area contributed by atoms with E-state index in [1.54, 1.807) is 20.8 Å². The maximum absolute atomic E-state index is 12.1. The lowest BCUT2D eigenvalue weighted by molar-refractivity contribution is -0.196. The van der Waals surface area contributed by atoms with Gasteiger partial charge in [-0.2, -0.15) is 0 Å². The van der Waals surface area contributed by atoms with Crippen molar-refractivity contribution in [1.82, 2.24) is 0 Å². The van der Waals surface area contributed by atoms with Crippen molar-refractivity contribution in [1.29, 1.82) is 0 Å². The first-order valence-electron chi connectivity index (χ1n) is 6.78. The number of ketones is 1. The first kappa shape index (κ1) is 16.0. The van der Waals surface area contributed by atoms with Crippen LogP contribution in [0.15, 0.2) is 10.2 Å². The molecule has 0 spiro atoms. The maximum atomic E-state index is 12.1. The van der Waals surface area contributed by atoms with Gasteiger partial charge in [0.15, 0.2) is 23.2 Å². The zero-order chi connectivity index (χ0) is 15.8. The molecule has 7 heteroatoms. The minimum absolute atomic E-state index is 0.00905. The largest absolute Gasteiger partial charge is 0.478 e. The average molecular weight is 361 g/mol. The summed E-state index contributed by atoms with van der Waals surface area (Å²) in [7, 11) is 0. The molecule has 3 atom stereocenters. The van der Waals surface area contributed by atoms with E-state index < -0.39 is 29.6 Å². The lowest BCUT2D eigenvalue weighted by Crippen LogP contribution is -2.53. The van der Waals surface area contributed by atoms with E-state index in [2.05, 4.69) is 15.9 Å². The van der Waals surface area contributed by atoms with Crippen LogP contribution in [-0.4, -0.2) is 36.0 Å². The standard InChI is InChI=1S/C14H17BrO6/c1-4-19-10(17)6-8-5-9(16)11(15)12-14(8,3)21-13(18)7(2)20-12/h7-8H,4-6H2,1-3H3/t7-,8-,14+/m1/s1. The molecule has 0 aromatic rings. The molecule has 0 unspecified atom stereocenters. The number of esters is 2. The Morgan fingerprint density at radius 2 is 2.14 bits per heavy atom. The molecule has 0 amide bonds. The summed E-state index contributed by atoms with van der Waals surface area (Å²) in [5.74, 6) is -1.34. The highest BCUT2D eigenvalue weighted by Gasteiger charge is 2.54. The summed E-state index contributed by atoms with van der Waals surface area (Å²) in [4.78, 5) is 35.6. The van der Waals surface area contributed by atoms with Crippen molar-refractivity contribution in [3.05, 3.63) is 10.2 Å². The van der Waals surface area contributed by atoms with Crippen LogP contribution in [0.2, 0.25) is 0 Å². The molecule has 1 saturated heterocycles. The molecule has 116 valence electrons. The molecular weight excluding hydrogens is 344 g/mol. The van der Waals surface area contributed by atoms with Gasteiger partial charge in [-0.1, -0.05) is 0 Å². The molecule has 1 heterocycles. The molecule has 0 aromatic heterocycles. The number of hydrogen-bond acceptors (Lipinski definition) is 6. The minimum Gasteiger partial charge on any atom is -0.478 e. The number of hydrogen-bond donors (Lipinski definition) is 0. The molecule has 2 rings (SSSR count). The SMILES string of the molecule is CCOC(=O)C[C@H]1CC(=O)C(Br)=C2O[C@H](C)C(=O)O[C@]21C. The lowest BCUT2D eigenvalue weighted by atomic mass is 9.76. The smallest absolute Gasteiger partial charge is 0.348 e. The van der Waals surface area contributed by atoms with E-state index in [1.807, 2.05) is 0 Å². The number of ether oxygens (including phenoxy) is 3. The van der Waals surface area contributed by atoms with Gasteiger partial charge in [-0.3, -0.25) is 9.59 Å². The number of rotatable bonds is 3. The first-order valence-corrected chi connectivity index (χ1v) is 7.57. The number of carbonyl (C=O) groups is 3. The Labute approximate surface area is 130 Å². The molecule has 0 saturated carbocycles. The Balaban J connectivity index is 2.34. The van der Waals surface area contributed by atoms with Crippen molar-refractivity contribution in [2.45, 2.75) is 45.3 Å². The number of allylic oxidation sites excluding steroid dienone is 1. The fourth-order valence-corrected chi connectivity index (χ4v) is 3.19. The Hall–Kier alpha value is -1.37. The molecule has 2 aliphatic rings. The van der Waals surface area contributed by atoms with Crippen LogP contribution in [0.5, 0.6) is 0 Å². The summed E-state index contributed by atoms with van der Waals surface area (Å²) < 4.78 is 16.2. The van der Waals surface area contributed by atoms with E-state index in [1.165, 1.54) is 0 Å². The molecule has 1 aliphatic heterocycles. The number of halogens is 1. The van der Waals surface area contributed by atoms with E-state index in [9.17, 15) is 14.4 Å². The highest BCUT2D eigenvalue weighted by molar-refractivity contribution is 9.12. The predicted molar refractivity (Wildman–Crippen MR) is 75.4 cm³/mol. The quantitative estimate of drug-likeness (QED) is 0.714. The average Bonchev–Trinajstić information content (AvgIpc) is 2.40. The third kappa shape index (κ3) is 2.84. The van der Waals surface area contributed by atoms with Crippen molar-refractivity contribution in [2.75, 3.05) is 6.61 Å². The van der Waals surface area contributed by atoms with E-state index in [0.717, 1.165) is 0 Å². The van der Waals surface area contributed by atoms with Gasteiger partial charge in [0.05, 0.1) is 13.0 Å². The van der Waals surface area contributed by atoms with Gasteiger partial charge in [0, 0.05) is 12.3 Å². The van der Waals surface area contributed by atoms with E-state index in [0.29, 0.717) is 0 Å². The van der Waals surface area contributed by atoms with Crippen LogP contribution in [0.1, 0.15) is 33.6 Å². The highest BCUT2D eigenvalue weighted by Crippen LogP contribution is 2.46. The normalized spacial score (nSPS) is 32.2. The van der Waals surface area contributed by atoms with Gasteiger partial charge in [-0.15, -0.1) is 0 Å². The van der Waals surface area contributed by atoms with Gasteiger partial charge in [0.25, 0.3) is 0 Å². The molecule has 21 heavy (non-hydrogen) atoms. The van der Waals surface area contributed by atoms with E-state index >= 15 is 0 Å².